The van der Waals surface area contributed by atoms with Crippen LogP contribution in [-0.2, 0) is 29.7 Å². The van der Waals surface area contributed by atoms with Crippen LogP contribution in [0.5, 0.6) is 0 Å². The molecule has 0 N–H and O–H groups in total. The molecule has 0 aliphatic carbocycles. The minimum absolute atomic E-state index is 0.261. The molecule has 1 aliphatic rings. The predicted octanol–water partition coefficient (Wildman–Crippen LogP) is 3.54. The molecular formula is C25H36N4O6S2. The normalized spacial score (nSPS) is 15.6. The topological polar surface area (TPSA) is 118 Å². The molecule has 0 bridgehead atoms. The van der Waals surface area contributed by atoms with Gasteiger partial charge in [-0.15, -0.1) is 0 Å². The van der Waals surface area contributed by atoms with Crippen LogP contribution in [0.1, 0.15) is 44.2 Å². The first-order valence-electron chi connectivity index (χ1n) is 11.7. The fraction of sp³-hybridized carbons (Fsp3) is 0.440. The molecule has 1 fully saturated rings. The first-order valence-corrected chi connectivity index (χ1v) is 14.6. The smallest absolute Gasteiger partial charge is 0.243 e. The molecule has 0 spiro atoms. The Bertz CT molecular complexity index is 1280. The minimum Gasteiger partial charge on any atom is -0.399 e. The van der Waals surface area contributed by atoms with Crippen molar-refractivity contribution >= 4 is 31.5 Å². The van der Waals surface area contributed by atoms with Gasteiger partial charge in [-0.05, 0) is 62.1 Å². The monoisotopic (exact) mass is 552 g/mol. The van der Waals surface area contributed by atoms with E-state index in [-0.39, 0.29) is 4.90 Å². The molecular weight excluding hydrogens is 516 g/mol. The zero-order chi connectivity index (χ0) is 27.6. The Morgan fingerprint density at radius 1 is 0.730 bits per heavy atom. The Balaban J connectivity index is 0.000000264. The largest absolute Gasteiger partial charge is 0.399 e. The molecule has 0 atom stereocenters. The summed E-state index contributed by atoms with van der Waals surface area (Å²) >= 11 is 0. The number of sulfonamides is 2. The minimum atomic E-state index is -3.37. The molecule has 1 heterocycles. The third-order valence-electron chi connectivity index (χ3n) is 5.73. The quantitative estimate of drug-likeness (QED) is 0.365. The fourth-order valence-corrected chi connectivity index (χ4v) is 6.00. The van der Waals surface area contributed by atoms with E-state index >= 15 is 0 Å². The molecule has 0 radical (unpaired) electrons. The van der Waals surface area contributed by atoms with Crippen molar-refractivity contribution in [3.8, 4) is 0 Å². The number of benzene rings is 2. The van der Waals surface area contributed by atoms with Gasteiger partial charge in [-0.3, -0.25) is 0 Å². The van der Waals surface area contributed by atoms with Crippen LogP contribution in [-0.4, -0.2) is 78.3 Å². The summed E-state index contributed by atoms with van der Waals surface area (Å²) in [6.07, 6.45) is 2.99. The van der Waals surface area contributed by atoms with E-state index in [1.165, 1.54) is 32.6 Å². The number of oxime groups is 2. The van der Waals surface area contributed by atoms with Crippen LogP contribution in [0.15, 0.2) is 68.6 Å². The van der Waals surface area contributed by atoms with Crippen molar-refractivity contribution in [2.75, 3.05) is 41.4 Å². The van der Waals surface area contributed by atoms with Crippen LogP contribution in [0.25, 0.3) is 0 Å². The molecule has 3 rings (SSSR count). The van der Waals surface area contributed by atoms with Gasteiger partial charge in [0.25, 0.3) is 0 Å². The fourth-order valence-electron chi connectivity index (χ4n) is 3.58. The maximum Gasteiger partial charge on any atom is 0.243 e. The number of hydrogen-bond donors (Lipinski definition) is 0. The maximum absolute atomic E-state index is 12.5. The summed E-state index contributed by atoms with van der Waals surface area (Å²) in [4.78, 5) is 9.97. The van der Waals surface area contributed by atoms with Crippen LogP contribution in [0, 0.1) is 0 Å². The number of piperidine rings is 1. The summed E-state index contributed by atoms with van der Waals surface area (Å²) < 4.78 is 51.3. The summed E-state index contributed by atoms with van der Waals surface area (Å²) in [5, 5.41) is 7.61. The third kappa shape index (κ3) is 8.09. The lowest BCUT2D eigenvalue weighted by Crippen LogP contribution is -2.35. The molecule has 10 nitrogen and oxygen atoms in total. The van der Waals surface area contributed by atoms with Gasteiger partial charge in [0.05, 0.1) is 21.2 Å². The Morgan fingerprint density at radius 2 is 1.14 bits per heavy atom. The molecule has 0 unspecified atom stereocenters. The van der Waals surface area contributed by atoms with E-state index in [1.807, 2.05) is 6.92 Å². The van der Waals surface area contributed by atoms with Crippen LogP contribution in [0.2, 0.25) is 0 Å². The lowest BCUT2D eigenvalue weighted by atomic mass is 10.1. The van der Waals surface area contributed by atoms with E-state index in [9.17, 15) is 16.8 Å². The van der Waals surface area contributed by atoms with Gasteiger partial charge in [-0.25, -0.2) is 21.1 Å². The molecule has 1 aliphatic heterocycles. The van der Waals surface area contributed by atoms with Gasteiger partial charge in [0.2, 0.25) is 20.0 Å². The SMILES string of the molecule is CON=C(C)c1ccc(S(=O)(=O)N(C)C)cc1.CON=C(C)c1ccc(S(=O)(=O)N2CCCCC2)cc1. The highest BCUT2D eigenvalue weighted by molar-refractivity contribution is 7.89. The van der Waals surface area contributed by atoms with Gasteiger partial charge < -0.3 is 9.68 Å². The van der Waals surface area contributed by atoms with E-state index in [0.717, 1.165) is 36.1 Å². The third-order valence-corrected chi connectivity index (χ3v) is 9.47. The van der Waals surface area contributed by atoms with Crippen molar-refractivity contribution in [2.24, 2.45) is 10.3 Å². The number of hydrogen-bond acceptors (Lipinski definition) is 8. The molecule has 0 saturated carbocycles. The van der Waals surface area contributed by atoms with Crippen molar-refractivity contribution < 1.29 is 26.5 Å². The Labute approximate surface area is 220 Å². The Kier molecular flexibility index (Phi) is 11.2. The first-order chi connectivity index (χ1) is 17.4. The van der Waals surface area contributed by atoms with Gasteiger partial charge >= 0.3 is 0 Å². The van der Waals surface area contributed by atoms with Crippen molar-refractivity contribution in [3.05, 3.63) is 59.7 Å². The zero-order valence-corrected chi connectivity index (χ0v) is 23.8. The molecule has 0 aromatic heterocycles. The van der Waals surface area contributed by atoms with Crippen LogP contribution >= 0.6 is 0 Å². The van der Waals surface area contributed by atoms with Crippen LogP contribution in [0.3, 0.4) is 0 Å². The van der Waals surface area contributed by atoms with Crippen LogP contribution in [0.4, 0.5) is 0 Å². The lowest BCUT2D eigenvalue weighted by molar-refractivity contribution is 0.213. The van der Waals surface area contributed by atoms with E-state index in [2.05, 4.69) is 15.1 Å². The van der Waals surface area contributed by atoms with Gasteiger partial charge in [-0.2, -0.15) is 4.31 Å². The second kappa shape index (κ2) is 13.7. The van der Waals surface area contributed by atoms with E-state index < -0.39 is 20.0 Å². The summed E-state index contributed by atoms with van der Waals surface area (Å²) in [6.45, 7) is 4.85. The van der Waals surface area contributed by atoms with Crippen molar-refractivity contribution in [1.29, 1.82) is 0 Å². The molecule has 37 heavy (non-hydrogen) atoms. The molecule has 2 aromatic carbocycles. The van der Waals surface area contributed by atoms with Gasteiger partial charge in [0.1, 0.15) is 14.2 Å². The standard InChI is InChI=1S/C14H20N2O3S.C11H16N2O3S/c1-12(15-19-2)13-6-8-14(9-7-13)20(17,18)16-10-4-3-5-11-16;1-9(12-16-4)10-5-7-11(8-6-10)17(14,15)13(2)3/h6-9H,3-5,10-11H2,1-2H3;5-8H,1-4H3. The lowest BCUT2D eigenvalue weighted by Gasteiger charge is -2.25. The van der Waals surface area contributed by atoms with Crippen LogP contribution < -0.4 is 0 Å². The molecule has 2 aromatic rings. The highest BCUT2D eigenvalue weighted by Gasteiger charge is 2.25. The van der Waals surface area contributed by atoms with Gasteiger partial charge in [0, 0.05) is 27.2 Å². The van der Waals surface area contributed by atoms with Gasteiger partial charge in [0.15, 0.2) is 0 Å². The molecule has 12 heteroatoms. The summed E-state index contributed by atoms with van der Waals surface area (Å²) in [6, 6.07) is 13.3. The summed E-state index contributed by atoms with van der Waals surface area (Å²) in [5.74, 6) is 0. The Morgan fingerprint density at radius 3 is 1.51 bits per heavy atom. The molecule has 204 valence electrons. The second-order valence-corrected chi connectivity index (χ2v) is 12.6. The van der Waals surface area contributed by atoms with E-state index in [4.69, 9.17) is 4.84 Å². The molecule has 1 saturated heterocycles. The number of rotatable bonds is 8. The predicted molar refractivity (Wildman–Crippen MR) is 145 cm³/mol. The van der Waals surface area contributed by atoms with E-state index in [1.54, 1.807) is 59.8 Å². The maximum atomic E-state index is 12.5. The number of nitrogens with zero attached hydrogens (tertiary/aromatic N) is 4. The van der Waals surface area contributed by atoms with Crippen molar-refractivity contribution in [1.82, 2.24) is 8.61 Å². The summed E-state index contributed by atoms with van der Waals surface area (Å²) in [5.41, 5.74) is 3.09. The Hall–Kier alpha value is -2.80. The molecule has 0 amide bonds. The van der Waals surface area contributed by atoms with Crippen molar-refractivity contribution in [2.45, 2.75) is 42.9 Å². The highest BCUT2D eigenvalue weighted by Crippen LogP contribution is 2.21. The zero-order valence-electron chi connectivity index (χ0n) is 22.2. The van der Waals surface area contributed by atoms with Gasteiger partial charge in [-0.1, -0.05) is 41.0 Å². The second-order valence-electron chi connectivity index (χ2n) is 8.52. The van der Waals surface area contributed by atoms with Crippen molar-refractivity contribution in [3.63, 3.8) is 0 Å². The van der Waals surface area contributed by atoms with E-state index in [0.29, 0.717) is 23.7 Å². The average molecular weight is 553 g/mol. The first kappa shape index (κ1) is 30.4. The summed E-state index contributed by atoms with van der Waals surface area (Å²) in [7, 11) is -0.771. The highest BCUT2D eigenvalue weighted by atomic mass is 32.2. The average Bonchev–Trinajstić information content (AvgIpc) is 2.90.